The van der Waals surface area contributed by atoms with Crippen molar-refractivity contribution < 1.29 is 24.2 Å². The molecule has 0 aromatic carbocycles. The first-order valence-electron chi connectivity index (χ1n) is 6.58. The second-order valence-electron chi connectivity index (χ2n) is 4.91. The first-order valence-corrected chi connectivity index (χ1v) is 8.78. The minimum absolute atomic E-state index is 0.0178. The summed E-state index contributed by atoms with van der Waals surface area (Å²) in [4.78, 5) is 37.0. The van der Waals surface area contributed by atoms with Crippen LogP contribution in [0.4, 0.5) is 0 Å². The number of carboxylic acids is 1. The fourth-order valence-corrected chi connectivity index (χ4v) is 4.30. The molecule has 124 valence electrons. The SMILES string of the molecule is COC1(NC(=O)CSCC#N)C(=O)N2C(C(=O)O)=C(C)CSC21. The maximum atomic E-state index is 12.5. The van der Waals surface area contributed by atoms with E-state index in [9.17, 15) is 19.5 Å². The largest absolute Gasteiger partial charge is 0.477 e. The monoisotopic (exact) mass is 357 g/mol. The molecule has 8 nitrogen and oxygen atoms in total. The maximum Gasteiger partial charge on any atom is 0.352 e. The van der Waals surface area contributed by atoms with E-state index in [1.807, 2.05) is 6.07 Å². The highest BCUT2D eigenvalue weighted by Crippen LogP contribution is 2.46. The summed E-state index contributed by atoms with van der Waals surface area (Å²) >= 11 is 2.45. The van der Waals surface area contributed by atoms with Gasteiger partial charge in [-0.3, -0.25) is 14.5 Å². The number of β-lactam (4-membered cyclic amide) rings is 1. The molecular weight excluding hydrogens is 342 g/mol. The Hall–Kier alpha value is -1.70. The summed E-state index contributed by atoms with van der Waals surface area (Å²) in [6.45, 7) is 1.66. The lowest BCUT2D eigenvalue weighted by molar-refractivity contribution is -0.192. The quantitative estimate of drug-likeness (QED) is 0.386. The van der Waals surface area contributed by atoms with Gasteiger partial charge in [0.2, 0.25) is 5.91 Å². The van der Waals surface area contributed by atoms with Crippen LogP contribution in [0.5, 0.6) is 0 Å². The second-order valence-corrected chi connectivity index (χ2v) is 6.97. The van der Waals surface area contributed by atoms with E-state index in [1.54, 1.807) is 6.92 Å². The summed E-state index contributed by atoms with van der Waals surface area (Å²) in [7, 11) is 1.30. The van der Waals surface area contributed by atoms with E-state index in [4.69, 9.17) is 10.00 Å². The van der Waals surface area contributed by atoms with E-state index >= 15 is 0 Å². The molecule has 2 aliphatic heterocycles. The molecule has 0 aromatic heterocycles. The molecule has 2 rings (SSSR count). The lowest BCUT2D eigenvalue weighted by atomic mass is 9.98. The molecule has 0 spiro atoms. The van der Waals surface area contributed by atoms with Crippen molar-refractivity contribution in [3.63, 3.8) is 0 Å². The van der Waals surface area contributed by atoms with Gasteiger partial charge in [-0.05, 0) is 12.5 Å². The lowest BCUT2D eigenvalue weighted by Crippen LogP contribution is -2.80. The van der Waals surface area contributed by atoms with Gasteiger partial charge < -0.3 is 15.2 Å². The zero-order chi connectivity index (χ0) is 17.2. The van der Waals surface area contributed by atoms with Crippen LogP contribution in [0.15, 0.2) is 11.3 Å². The average Bonchev–Trinajstić information content (AvgIpc) is 2.51. The molecule has 2 N–H and O–H groups in total. The van der Waals surface area contributed by atoms with Gasteiger partial charge in [-0.2, -0.15) is 5.26 Å². The number of aliphatic carboxylic acids is 1. The molecule has 2 amide bonds. The number of nitrogens with one attached hydrogen (secondary N) is 1. The van der Waals surface area contributed by atoms with E-state index in [1.165, 1.54) is 18.9 Å². The predicted molar refractivity (Wildman–Crippen MR) is 84.2 cm³/mol. The van der Waals surface area contributed by atoms with Gasteiger partial charge in [0.1, 0.15) is 11.1 Å². The number of carboxylic acid groups (broad SMARTS) is 1. The van der Waals surface area contributed by atoms with Gasteiger partial charge in [0.05, 0.1) is 17.6 Å². The van der Waals surface area contributed by atoms with Crippen molar-refractivity contribution in [3.05, 3.63) is 11.3 Å². The molecule has 0 aliphatic carbocycles. The standard InChI is InChI=1S/C13H15N3O5S2/c1-7-5-23-12-13(21-2,15-8(17)6-22-4-3-14)11(20)16(12)9(7)10(18)19/h12H,4-6H2,1-2H3,(H,15,17)(H,18,19). The molecule has 1 fully saturated rings. The summed E-state index contributed by atoms with van der Waals surface area (Å²) in [5, 5.41) is 19.7. The third kappa shape index (κ3) is 2.91. The van der Waals surface area contributed by atoms with E-state index in [0.29, 0.717) is 11.3 Å². The minimum atomic E-state index is -1.56. The van der Waals surface area contributed by atoms with Crippen LogP contribution in [0.1, 0.15) is 6.92 Å². The predicted octanol–water partition coefficient (Wildman–Crippen LogP) is -0.0242. The number of amides is 2. The summed E-state index contributed by atoms with van der Waals surface area (Å²) in [6, 6.07) is 1.91. The third-order valence-electron chi connectivity index (χ3n) is 3.47. The zero-order valence-corrected chi connectivity index (χ0v) is 14.1. The van der Waals surface area contributed by atoms with Crippen molar-refractivity contribution in [3.8, 4) is 6.07 Å². The number of methoxy groups -OCH3 is 1. The molecular formula is C13H15N3O5S2. The highest BCUT2D eigenvalue weighted by molar-refractivity contribution is 8.00. The van der Waals surface area contributed by atoms with E-state index in [-0.39, 0.29) is 17.2 Å². The Labute approximate surface area is 141 Å². The highest BCUT2D eigenvalue weighted by atomic mass is 32.2. The van der Waals surface area contributed by atoms with Gasteiger partial charge >= 0.3 is 5.97 Å². The molecule has 10 heteroatoms. The molecule has 23 heavy (non-hydrogen) atoms. The summed E-state index contributed by atoms with van der Waals surface area (Å²) in [5.41, 5.74) is -1.02. The van der Waals surface area contributed by atoms with Crippen molar-refractivity contribution in [1.82, 2.24) is 10.2 Å². The van der Waals surface area contributed by atoms with Gasteiger partial charge in [0, 0.05) is 12.9 Å². The molecule has 0 radical (unpaired) electrons. The summed E-state index contributed by atoms with van der Waals surface area (Å²) < 4.78 is 5.26. The first kappa shape index (κ1) is 17.7. The van der Waals surface area contributed by atoms with E-state index < -0.39 is 28.9 Å². The molecule has 2 unspecified atom stereocenters. The van der Waals surface area contributed by atoms with Gasteiger partial charge in [-0.15, -0.1) is 23.5 Å². The topological polar surface area (TPSA) is 120 Å². The molecule has 0 bridgehead atoms. The van der Waals surface area contributed by atoms with Crippen LogP contribution in [-0.2, 0) is 19.1 Å². The second kappa shape index (κ2) is 6.82. The molecule has 0 aromatic rings. The summed E-state index contributed by atoms with van der Waals surface area (Å²) in [6.07, 6.45) is 0. The molecule has 2 atom stereocenters. The number of fused-ring (bicyclic) bond motifs is 1. The van der Waals surface area contributed by atoms with Gasteiger partial charge in [0.25, 0.3) is 11.6 Å². The number of nitriles is 1. The third-order valence-corrected chi connectivity index (χ3v) is 5.73. The normalized spacial score (nSPS) is 26.2. The zero-order valence-electron chi connectivity index (χ0n) is 12.5. The fourth-order valence-electron chi connectivity index (χ4n) is 2.47. The number of rotatable bonds is 6. The fraction of sp³-hybridized carbons (Fsp3) is 0.538. The van der Waals surface area contributed by atoms with Gasteiger partial charge in [-0.25, -0.2) is 4.79 Å². The Kier molecular flexibility index (Phi) is 5.23. The van der Waals surface area contributed by atoms with Crippen LogP contribution in [0.25, 0.3) is 0 Å². The smallest absolute Gasteiger partial charge is 0.352 e. The van der Waals surface area contributed by atoms with Crippen molar-refractivity contribution >= 4 is 41.3 Å². The number of hydrogen-bond donors (Lipinski definition) is 2. The van der Waals surface area contributed by atoms with E-state index in [2.05, 4.69) is 5.32 Å². The minimum Gasteiger partial charge on any atom is -0.477 e. The van der Waals surface area contributed by atoms with E-state index in [0.717, 1.165) is 16.7 Å². The molecule has 0 saturated carbocycles. The van der Waals surface area contributed by atoms with Crippen LogP contribution >= 0.6 is 23.5 Å². The lowest BCUT2D eigenvalue weighted by Gasteiger charge is -2.55. The Morgan fingerprint density at radius 3 is 2.91 bits per heavy atom. The number of carbonyl (C=O) groups is 3. The number of ether oxygens (including phenoxy) is 1. The van der Waals surface area contributed by atoms with Crippen LogP contribution in [0.3, 0.4) is 0 Å². The number of carbonyl (C=O) groups excluding carboxylic acids is 2. The molecule has 2 aliphatic rings. The first-order chi connectivity index (χ1) is 10.9. The molecule has 2 heterocycles. The number of thioether (sulfide) groups is 2. The summed E-state index contributed by atoms with van der Waals surface area (Å²) in [5.74, 6) is -1.61. The highest BCUT2D eigenvalue weighted by Gasteiger charge is 2.66. The van der Waals surface area contributed by atoms with Crippen molar-refractivity contribution in [2.24, 2.45) is 0 Å². The van der Waals surface area contributed by atoms with Gasteiger partial charge in [-0.1, -0.05) is 0 Å². The van der Waals surface area contributed by atoms with Crippen LogP contribution < -0.4 is 5.32 Å². The van der Waals surface area contributed by atoms with Crippen LogP contribution in [0.2, 0.25) is 0 Å². The van der Waals surface area contributed by atoms with Crippen LogP contribution in [0, 0.1) is 11.3 Å². The van der Waals surface area contributed by atoms with Crippen molar-refractivity contribution in [2.45, 2.75) is 18.0 Å². The van der Waals surface area contributed by atoms with Crippen molar-refractivity contribution in [2.75, 3.05) is 24.4 Å². The Morgan fingerprint density at radius 2 is 2.35 bits per heavy atom. The van der Waals surface area contributed by atoms with Gasteiger partial charge in [0.15, 0.2) is 0 Å². The molecule has 1 saturated heterocycles. The van der Waals surface area contributed by atoms with Crippen LogP contribution in [-0.4, -0.2) is 63.3 Å². The Bertz CT molecular complexity index is 630. The maximum absolute atomic E-state index is 12.5. The Morgan fingerprint density at radius 1 is 1.65 bits per heavy atom. The van der Waals surface area contributed by atoms with Crippen molar-refractivity contribution in [1.29, 1.82) is 5.26 Å². The Balaban J connectivity index is 2.17. The average molecular weight is 357 g/mol. The number of hydrogen-bond acceptors (Lipinski definition) is 7. The number of nitrogens with zero attached hydrogens (tertiary/aromatic N) is 2.